The van der Waals surface area contributed by atoms with E-state index in [4.69, 9.17) is 4.42 Å². The van der Waals surface area contributed by atoms with Gasteiger partial charge in [-0.05, 0) is 37.3 Å². The first-order valence-electron chi connectivity index (χ1n) is 10.8. The molecule has 34 heavy (non-hydrogen) atoms. The SMILES string of the molecule is C=C(C)[C@@H](Nc1n[s+]([O-])nc1Nc1csc(S(=O)(=O)N2CCCC2)c1O)c1cc(C(C)C)co1. The van der Waals surface area contributed by atoms with Crippen molar-refractivity contribution in [2.24, 2.45) is 0 Å². The topological polar surface area (TPSA) is 144 Å². The summed E-state index contributed by atoms with van der Waals surface area (Å²) in [6, 6.07) is 1.46. The second-order valence-corrected chi connectivity index (χ2v) is 12.3. The highest BCUT2D eigenvalue weighted by Gasteiger charge is 2.33. The Bertz CT molecular complexity index is 1290. The molecule has 1 aliphatic rings. The van der Waals surface area contributed by atoms with Crippen molar-refractivity contribution in [3.63, 3.8) is 0 Å². The highest BCUT2D eigenvalue weighted by Crippen LogP contribution is 2.42. The number of thiophene rings is 1. The number of hydrogen-bond donors (Lipinski definition) is 3. The van der Waals surface area contributed by atoms with Crippen molar-refractivity contribution in [1.82, 2.24) is 13.1 Å². The second kappa shape index (κ2) is 9.66. The van der Waals surface area contributed by atoms with E-state index in [9.17, 15) is 18.1 Å². The van der Waals surface area contributed by atoms with Crippen molar-refractivity contribution in [1.29, 1.82) is 0 Å². The molecule has 0 spiro atoms. The summed E-state index contributed by atoms with van der Waals surface area (Å²) in [5.41, 5.74) is 1.91. The summed E-state index contributed by atoms with van der Waals surface area (Å²) in [6.07, 6.45) is 3.27. The van der Waals surface area contributed by atoms with E-state index in [0.717, 1.165) is 35.3 Å². The van der Waals surface area contributed by atoms with Gasteiger partial charge in [-0.25, -0.2) is 8.42 Å². The summed E-state index contributed by atoms with van der Waals surface area (Å²) < 4.78 is 52.8. The molecule has 4 rings (SSSR count). The van der Waals surface area contributed by atoms with E-state index >= 15 is 0 Å². The Morgan fingerprint density at radius 1 is 1.32 bits per heavy atom. The standard InChI is InChI=1S/C21H27N5O5S3/c1-12(2)14-9-16(31-10-14)17(13(3)4)23-20-19(24-33(28)25-20)22-15-11-32-21(18(15)27)34(29,30)26-7-5-6-8-26/h9-12,17,27H,3,5-8H2,1-2,4H3,(H,22,24)(H,23,25)/t17-,33?/m1/s1. The predicted octanol–water partition coefficient (Wildman–Crippen LogP) is 4.95. The lowest BCUT2D eigenvalue weighted by Crippen LogP contribution is -2.27. The molecule has 1 unspecified atom stereocenters. The number of hydrogen-bond acceptors (Lipinski definition) is 10. The molecule has 184 valence electrons. The fourth-order valence-electron chi connectivity index (χ4n) is 3.62. The number of nitrogens with zero attached hydrogens (tertiary/aromatic N) is 3. The Labute approximate surface area is 205 Å². The lowest BCUT2D eigenvalue weighted by Gasteiger charge is -2.16. The largest absolute Gasteiger partial charge is 0.546 e. The molecule has 0 aliphatic carbocycles. The molecular weight excluding hydrogens is 498 g/mol. The van der Waals surface area contributed by atoms with Gasteiger partial charge in [-0.1, -0.05) is 26.0 Å². The molecule has 1 aliphatic heterocycles. The van der Waals surface area contributed by atoms with E-state index in [0.29, 0.717) is 18.8 Å². The minimum atomic E-state index is -3.79. The van der Waals surface area contributed by atoms with E-state index < -0.39 is 33.0 Å². The normalized spacial score (nSPS) is 16.2. The number of anilines is 3. The quantitative estimate of drug-likeness (QED) is 0.261. The van der Waals surface area contributed by atoms with E-state index in [2.05, 4.69) is 39.8 Å². The lowest BCUT2D eigenvalue weighted by atomic mass is 10.0. The molecule has 3 aromatic heterocycles. The number of rotatable bonds is 9. The van der Waals surface area contributed by atoms with Crippen LogP contribution in [0.2, 0.25) is 0 Å². The van der Waals surface area contributed by atoms with Gasteiger partial charge in [-0.3, -0.25) is 0 Å². The molecule has 0 amide bonds. The maximum Gasteiger partial charge on any atom is 0.256 e. The fraction of sp³-hybridized carbons (Fsp3) is 0.429. The monoisotopic (exact) mass is 525 g/mol. The van der Waals surface area contributed by atoms with Crippen LogP contribution in [0.5, 0.6) is 5.75 Å². The van der Waals surface area contributed by atoms with Crippen LogP contribution < -0.4 is 10.6 Å². The van der Waals surface area contributed by atoms with Crippen LogP contribution in [-0.4, -0.2) is 44.2 Å². The zero-order valence-electron chi connectivity index (χ0n) is 19.1. The molecule has 0 saturated carbocycles. The lowest BCUT2D eigenvalue weighted by molar-refractivity contribution is 0.451. The number of furan rings is 1. The summed E-state index contributed by atoms with van der Waals surface area (Å²) in [4.78, 5) is 0. The van der Waals surface area contributed by atoms with Crippen molar-refractivity contribution in [2.75, 3.05) is 23.7 Å². The van der Waals surface area contributed by atoms with Crippen LogP contribution in [-0.2, 0) is 10.0 Å². The smallest absolute Gasteiger partial charge is 0.256 e. The Balaban J connectivity index is 1.59. The van der Waals surface area contributed by atoms with Crippen LogP contribution in [0.1, 0.15) is 56.9 Å². The third-order valence-corrected chi connectivity index (χ3v) is 9.62. The number of nitrogens with one attached hydrogen (secondary N) is 2. The van der Waals surface area contributed by atoms with Crippen molar-refractivity contribution in [2.45, 2.75) is 49.8 Å². The van der Waals surface area contributed by atoms with Gasteiger partial charge >= 0.3 is 0 Å². The van der Waals surface area contributed by atoms with Crippen LogP contribution in [0.25, 0.3) is 0 Å². The van der Waals surface area contributed by atoms with Gasteiger partial charge < -0.3 is 24.7 Å². The number of aromatic hydroxyl groups is 1. The second-order valence-electron chi connectivity index (χ2n) is 8.49. The van der Waals surface area contributed by atoms with Crippen molar-refractivity contribution < 1.29 is 22.5 Å². The highest BCUT2D eigenvalue weighted by molar-refractivity contribution is 7.91. The van der Waals surface area contributed by atoms with Gasteiger partial charge in [-0.15, -0.1) is 11.3 Å². The maximum atomic E-state index is 12.9. The van der Waals surface area contributed by atoms with Crippen molar-refractivity contribution in [3.8, 4) is 5.75 Å². The minimum absolute atomic E-state index is 0.110. The Kier molecular flexibility index (Phi) is 7.01. The summed E-state index contributed by atoms with van der Waals surface area (Å²) >= 11 is -0.964. The Morgan fingerprint density at radius 2 is 2.00 bits per heavy atom. The van der Waals surface area contributed by atoms with Crippen molar-refractivity contribution >= 4 is 49.8 Å². The molecule has 2 atom stereocenters. The molecule has 4 heterocycles. The Morgan fingerprint density at radius 3 is 2.62 bits per heavy atom. The van der Waals surface area contributed by atoms with Gasteiger partial charge in [0.25, 0.3) is 10.0 Å². The number of sulfonamides is 1. The molecule has 13 heteroatoms. The van der Waals surface area contributed by atoms with E-state index in [1.54, 1.807) is 6.26 Å². The molecule has 0 bridgehead atoms. The molecule has 1 fully saturated rings. The highest BCUT2D eigenvalue weighted by atomic mass is 32.2. The zero-order valence-corrected chi connectivity index (χ0v) is 21.5. The van der Waals surface area contributed by atoms with Gasteiger partial charge in [0.15, 0.2) is 21.1 Å². The molecule has 10 nitrogen and oxygen atoms in total. The fourth-order valence-corrected chi connectivity index (χ4v) is 7.13. The van der Waals surface area contributed by atoms with Crippen LogP contribution in [0, 0.1) is 0 Å². The Hall–Kier alpha value is -2.45. The first-order valence-corrected chi connectivity index (χ1v) is 14.1. The molecule has 3 aromatic rings. The minimum Gasteiger partial charge on any atom is -0.546 e. The molecule has 0 radical (unpaired) electrons. The van der Waals surface area contributed by atoms with Gasteiger partial charge in [0.05, 0.1) is 12.0 Å². The summed E-state index contributed by atoms with van der Waals surface area (Å²) in [5.74, 6) is 0.793. The van der Waals surface area contributed by atoms with Gasteiger partial charge in [0.1, 0.15) is 11.8 Å². The average molecular weight is 526 g/mol. The van der Waals surface area contributed by atoms with Crippen LogP contribution in [0.3, 0.4) is 0 Å². The first-order chi connectivity index (χ1) is 16.1. The summed E-state index contributed by atoms with van der Waals surface area (Å²) in [6.45, 7) is 10.8. The van der Waals surface area contributed by atoms with Gasteiger partial charge in [0.2, 0.25) is 11.6 Å². The zero-order chi connectivity index (χ0) is 24.6. The van der Waals surface area contributed by atoms with E-state index in [-0.39, 0.29) is 27.5 Å². The average Bonchev–Trinajstić information content (AvgIpc) is 3.55. The maximum absolute atomic E-state index is 12.9. The van der Waals surface area contributed by atoms with Crippen LogP contribution in [0.15, 0.2) is 38.5 Å². The predicted molar refractivity (Wildman–Crippen MR) is 132 cm³/mol. The van der Waals surface area contributed by atoms with Gasteiger partial charge in [-0.2, -0.15) is 4.31 Å². The van der Waals surface area contributed by atoms with Crippen LogP contribution >= 0.6 is 22.5 Å². The molecular formula is C21H27N5O5S3. The van der Waals surface area contributed by atoms with E-state index in [1.807, 2.05) is 13.0 Å². The number of aromatic nitrogens is 2. The third kappa shape index (κ3) is 4.84. The molecule has 3 N–H and O–H groups in total. The van der Waals surface area contributed by atoms with Crippen LogP contribution in [0.4, 0.5) is 17.3 Å². The summed E-state index contributed by atoms with van der Waals surface area (Å²) in [7, 11) is -3.79. The molecule has 1 saturated heterocycles. The van der Waals surface area contributed by atoms with Crippen molar-refractivity contribution in [3.05, 3.63) is 41.2 Å². The van der Waals surface area contributed by atoms with Gasteiger partial charge in [0, 0.05) is 27.2 Å². The third-order valence-electron chi connectivity index (χ3n) is 5.55. The molecule has 0 aromatic carbocycles. The summed E-state index contributed by atoms with van der Waals surface area (Å²) in [5, 5.41) is 18.2. The first kappa shape index (κ1) is 24.7. The van der Waals surface area contributed by atoms with E-state index in [1.165, 1.54) is 9.69 Å².